The first kappa shape index (κ1) is 12.5. The van der Waals surface area contributed by atoms with Crippen molar-refractivity contribution in [2.75, 3.05) is 0 Å². The summed E-state index contributed by atoms with van der Waals surface area (Å²) in [4.78, 5) is 0. The summed E-state index contributed by atoms with van der Waals surface area (Å²) in [6.07, 6.45) is 6.74. The lowest BCUT2D eigenvalue weighted by Crippen LogP contribution is -2.02. The van der Waals surface area contributed by atoms with Crippen molar-refractivity contribution in [1.82, 2.24) is 0 Å². The summed E-state index contributed by atoms with van der Waals surface area (Å²) in [6.45, 7) is 4.60. The molecule has 2 heteroatoms. The Bertz CT molecular complexity index is 255. The highest BCUT2D eigenvalue weighted by Gasteiger charge is 2.07. The molecule has 1 aromatic heterocycles. The van der Waals surface area contributed by atoms with Crippen LogP contribution < -0.4 is 0 Å². The summed E-state index contributed by atoms with van der Waals surface area (Å²) in [7, 11) is 0. The standard InChI is InChI=1S/C12H19IS/c1-3-5-6-10(4-2)7-11-8-12(13)14-9-11/h8-10H,3-7H2,1-2H3. The predicted octanol–water partition coefficient (Wildman–Crippen LogP) is 5.11. The second-order valence-electron chi connectivity index (χ2n) is 3.88. The molecule has 1 rings (SSSR count). The van der Waals surface area contributed by atoms with E-state index in [0.717, 1.165) is 5.92 Å². The summed E-state index contributed by atoms with van der Waals surface area (Å²) in [5.41, 5.74) is 1.54. The van der Waals surface area contributed by atoms with Crippen LogP contribution in [0, 0.1) is 8.80 Å². The van der Waals surface area contributed by atoms with E-state index in [1.54, 1.807) is 5.56 Å². The fourth-order valence-electron chi connectivity index (χ4n) is 1.73. The van der Waals surface area contributed by atoms with Crippen molar-refractivity contribution in [1.29, 1.82) is 0 Å². The van der Waals surface area contributed by atoms with Crippen molar-refractivity contribution in [2.24, 2.45) is 5.92 Å². The van der Waals surface area contributed by atoms with Gasteiger partial charge in [0.2, 0.25) is 0 Å². The number of halogens is 1. The third kappa shape index (κ3) is 4.30. The second-order valence-corrected chi connectivity index (χ2v) is 6.69. The lowest BCUT2D eigenvalue weighted by molar-refractivity contribution is 0.449. The van der Waals surface area contributed by atoms with E-state index in [0.29, 0.717) is 0 Å². The molecule has 14 heavy (non-hydrogen) atoms. The van der Waals surface area contributed by atoms with E-state index < -0.39 is 0 Å². The Hall–Kier alpha value is 0.430. The quantitative estimate of drug-likeness (QED) is 0.638. The van der Waals surface area contributed by atoms with Gasteiger partial charge in [0, 0.05) is 0 Å². The topological polar surface area (TPSA) is 0 Å². The molecule has 1 heterocycles. The van der Waals surface area contributed by atoms with Gasteiger partial charge in [-0.1, -0.05) is 39.5 Å². The predicted molar refractivity (Wildman–Crippen MR) is 74.0 cm³/mol. The molecule has 1 atom stereocenters. The summed E-state index contributed by atoms with van der Waals surface area (Å²) in [5, 5.41) is 2.32. The molecule has 0 spiro atoms. The van der Waals surface area contributed by atoms with Crippen molar-refractivity contribution in [2.45, 2.75) is 46.0 Å². The molecular weight excluding hydrogens is 303 g/mol. The van der Waals surface area contributed by atoms with E-state index >= 15 is 0 Å². The van der Waals surface area contributed by atoms with Crippen molar-refractivity contribution in [3.05, 3.63) is 19.9 Å². The minimum absolute atomic E-state index is 0.903. The van der Waals surface area contributed by atoms with Gasteiger partial charge >= 0.3 is 0 Å². The third-order valence-corrected chi connectivity index (χ3v) is 4.53. The van der Waals surface area contributed by atoms with E-state index in [1.807, 2.05) is 11.3 Å². The zero-order chi connectivity index (χ0) is 10.4. The highest BCUT2D eigenvalue weighted by atomic mass is 127. The maximum atomic E-state index is 2.41. The molecule has 0 N–H and O–H groups in total. The van der Waals surface area contributed by atoms with Crippen LogP contribution >= 0.6 is 33.9 Å². The monoisotopic (exact) mass is 322 g/mol. The molecule has 0 saturated carbocycles. The van der Waals surface area contributed by atoms with Gasteiger partial charge in [0.25, 0.3) is 0 Å². The van der Waals surface area contributed by atoms with Gasteiger partial charge in [0.1, 0.15) is 0 Å². The molecule has 0 fully saturated rings. The Kier molecular flexibility index (Phi) is 6.10. The van der Waals surface area contributed by atoms with Gasteiger partial charge in [0.15, 0.2) is 0 Å². The van der Waals surface area contributed by atoms with Crippen LogP contribution in [0.4, 0.5) is 0 Å². The highest BCUT2D eigenvalue weighted by molar-refractivity contribution is 14.1. The van der Waals surface area contributed by atoms with E-state index in [2.05, 4.69) is 47.9 Å². The Morgan fingerprint density at radius 2 is 2.21 bits per heavy atom. The van der Waals surface area contributed by atoms with E-state index in [-0.39, 0.29) is 0 Å². The van der Waals surface area contributed by atoms with Crippen molar-refractivity contribution in [3.63, 3.8) is 0 Å². The van der Waals surface area contributed by atoms with Crippen LogP contribution in [0.1, 0.15) is 45.1 Å². The first-order valence-electron chi connectivity index (χ1n) is 5.49. The van der Waals surface area contributed by atoms with Gasteiger partial charge in [-0.3, -0.25) is 0 Å². The molecule has 1 aromatic rings. The average molecular weight is 322 g/mol. The van der Waals surface area contributed by atoms with E-state index in [9.17, 15) is 0 Å². The molecular formula is C12H19IS. The van der Waals surface area contributed by atoms with Gasteiger partial charge in [-0.05, 0) is 51.9 Å². The molecule has 0 amide bonds. The summed E-state index contributed by atoms with van der Waals surface area (Å²) in [5.74, 6) is 0.903. The zero-order valence-electron chi connectivity index (χ0n) is 9.05. The highest BCUT2D eigenvalue weighted by Crippen LogP contribution is 2.23. The van der Waals surface area contributed by atoms with E-state index in [1.165, 1.54) is 35.0 Å². The number of unbranched alkanes of at least 4 members (excludes halogenated alkanes) is 1. The Morgan fingerprint density at radius 1 is 1.43 bits per heavy atom. The lowest BCUT2D eigenvalue weighted by Gasteiger charge is -2.12. The zero-order valence-corrected chi connectivity index (χ0v) is 12.0. The SMILES string of the molecule is CCCCC(CC)Cc1csc(I)c1. The molecule has 0 aliphatic heterocycles. The number of thiophene rings is 1. The number of rotatable bonds is 6. The molecule has 0 radical (unpaired) electrons. The minimum Gasteiger partial charge on any atom is -0.137 e. The van der Waals surface area contributed by atoms with Crippen LogP contribution in [0.5, 0.6) is 0 Å². The van der Waals surface area contributed by atoms with Crippen LogP contribution in [0.2, 0.25) is 0 Å². The van der Waals surface area contributed by atoms with Crippen LogP contribution in [0.3, 0.4) is 0 Å². The first-order valence-corrected chi connectivity index (χ1v) is 7.45. The molecule has 0 aliphatic carbocycles. The minimum atomic E-state index is 0.903. The van der Waals surface area contributed by atoms with Gasteiger partial charge in [0.05, 0.1) is 2.88 Å². The Morgan fingerprint density at radius 3 is 2.71 bits per heavy atom. The second kappa shape index (κ2) is 6.83. The Balaban J connectivity index is 2.40. The molecule has 0 aromatic carbocycles. The maximum absolute atomic E-state index is 2.41. The molecule has 80 valence electrons. The molecule has 1 unspecified atom stereocenters. The first-order chi connectivity index (χ1) is 6.76. The molecule has 0 bridgehead atoms. The number of hydrogen-bond donors (Lipinski definition) is 0. The van der Waals surface area contributed by atoms with Gasteiger partial charge < -0.3 is 0 Å². The van der Waals surface area contributed by atoms with Crippen molar-refractivity contribution in [3.8, 4) is 0 Å². The van der Waals surface area contributed by atoms with Gasteiger partial charge in [-0.2, -0.15) is 0 Å². The summed E-state index contributed by atoms with van der Waals surface area (Å²) < 4.78 is 1.42. The molecule has 0 nitrogen and oxygen atoms in total. The fraction of sp³-hybridized carbons (Fsp3) is 0.667. The maximum Gasteiger partial charge on any atom is 0.0656 e. The molecule has 0 saturated heterocycles. The smallest absolute Gasteiger partial charge is 0.0656 e. The lowest BCUT2D eigenvalue weighted by atomic mass is 9.93. The largest absolute Gasteiger partial charge is 0.137 e. The van der Waals surface area contributed by atoms with Gasteiger partial charge in [-0.25, -0.2) is 0 Å². The summed E-state index contributed by atoms with van der Waals surface area (Å²) in [6, 6.07) is 2.33. The average Bonchev–Trinajstić information content (AvgIpc) is 2.58. The molecule has 0 aliphatic rings. The van der Waals surface area contributed by atoms with Crippen LogP contribution in [0.25, 0.3) is 0 Å². The third-order valence-electron chi connectivity index (χ3n) is 2.69. The fourth-order valence-corrected chi connectivity index (χ4v) is 3.16. The van der Waals surface area contributed by atoms with Gasteiger partial charge in [-0.15, -0.1) is 11.3 Å². The Labute approximate surface area is 105 Å². The summed E-state index contributed by atoms with van der Waals surface area (Å²) >= 11 is 4.27. The van der Waals surface area contributed by atoms with Crippen LogP contribution in [0.15, 0.2) is 11.4 Å². The van der Waals surface area contributed by atoms with Crippen LogP contribution in [-0.4, -0.2) is 0 Å². The number of hydrogen-bond acceptors (Lipinski definition) is 1. The van der Waals surface area contributed by atoms with E-state index in [4.69, 9.17) is 0 Å². The normalized spacial score (nSPS) is 13.1. The van der Waals surface area contributed by atoms with Crippen LogP contribution in [-0.2, 0) is 6.42 Å². The van der Waals surface area contributed by atoms with Crippen molar-refractivity contribution < 1.29 is 0 Å². The van der Waals surface area contributed by atoms with Crippen molar-refractivity contribution >= 4 is 33.9 Å².